The van der Waals surface area contributed by atoms with Crippen molar-refractivity contribution in [2.45, 2.75) is 18.5 Å². The molecule has 110 valence electrons. The minimum atomic E-state index is -3.30. The topological polar surface area (TPSA) is 66.9 Å². The predicted octanol–water partition coefficient (Wildman–Crippen LogP) is -0.391. The van der Waals surface area contributed by atoms with Crippen molar-refractivity contribution in [2.75, 3.05) is 45.6 Å². The third-order valence-corrected chi connectivity index (χ3v) is 4.97. The molecule has 8 heteroatoms. The van der Waals surface area contributed by atoms with Crippen molar-refractivity contribution >= 4 is 15.9 Å². The molecule has 19 heavy (non-hydrogen) atoms. The summed E-state index contributed by atoms with van der Waals surface area (Å²) in [6, 6.07) is 0. The number of hydrogen-bond donors (Lipinski definition) is 0. The summed E-state index contributed by atoms with van der Waals surface area (Å²) >= 11 is 0. The summed E-state index contributed by atoms with van der Waals surface area (Å²) in [6.07, 6.45) is 0.953. The molecule has 0 aliphatic carbocycles. The van der Waals surface area contributed by atoms with Gasteiger partial charge in [-0.15, -0.1) is 0 Å². The Hall–Kier alpha value is -0.730. The number of carbonyl (C=O) groups excluding carboxylic acids is 1. The quantitative estimate of drug-likeness (QED) is 0.695. The van der Waals surface area contributed by atoms with Crippen molar-refractivity contribution in [2.24, 2.45) is 0 Å². The molecule has 0 aromatic rings. The number of piperidine rings is 1. The van der Waals surface area contributed by atoms with Gasteiger partial charge in [-0.05, 0) is 0 Å². The summed E-state index contributed by atoms with van der Waals surface area (Å²) in [6.45, 7) is 1.78. The molecule has 1 amide bonds. The Kier molecular flexibility index (Phi) is 4.12. The van der Waals surface area contributed by atoms with Crippen LogP contribution in [0.15, 0.2) is 0 Å². The van der Waals surface area contributed by atoms with E-state index in [1.807, 2.05) is 0 Å². The van der Waals surface area contributed by atoms with E-state index in [4.69, 9.17) is 4.74 Å². The van der Waals surface area contributed by atoms with E-state index in [9.17, 15) is 17.6 Å². The molecule has 6 nitrogen and oxygen atoms in total. The number of morpholine rings is 1. The highest BCUT2D eigenvalue weighted by Crippen LogP contribution is 2.30. The van der Waals surface area contributed by atoms with Crippen LogP contribution in [0.5, 0.6) is 0 Å². The van der Waals surface area contributed by atoms with Crippen LogP contribution in [0.25, 0.3) is 0 Å². The van der Waals surface area contributed by atoms with Crippen molar-refractivity contribution in [3.8, 4) is 0 Å². The van der Waals surface area contributed by atoms with Gasteiger partial charge in [0, 0.05) is 39.0 Å². The zero-order valence-electron chi connectivity index (χ0n) is 11.0. The Balaban J connectivity index is 1.99. The van der Waals surface area contributed by atoms with Gasteiger partial charge in [0.05, 0.1) is 19.5 Å². The number of hydrogen-bond acceptors (Lipinski definition) is 4. The summed E-state index contributed by atoms with van der Waals surface area (Å²) in [7, 11) is -3.30. The second kappa shape index (κ2) is 5.34. The van der Waals surface area contributed by atoms with Crippen LogP contribution in [0.2, 0.25) is 0 Å². The number of amides is 1. The molecular formula is C11H19FN2O4S. The highest BCUT2D eigenvalue weighted by atomic mass is 32.2. The number of sulfonamides is 1. The number of ether oxygens (including phenoxy) is 1. The molecule has 0 bridgehead atoms. The fraction of sp³-hybridized carbons (Fsp3) is 0.909. The highest BCUT2D eigenvalue weighted by Gasteiger charge is 2.45. The lowest BCUT2D eigenvalue weighted by Gasteiger charge is -2.38. The van der Waals surface area contributed by atoms with Gasteiger partial charge in [0.1, 0.15) is 0 Å². The van der Waals surface area contributed by atoms with Crippen molar-refractivity contribution in [3.63, 3.8) is 0 Å². The fourth-order valence-corrected chi connectivity index (χ4v) is 3.28. The first kappa shape index (κ1) is 14.7. The fourth-order valence-electron chi connectivity index (χ4n) is 2.44. The van der Waals surface area contributed by atoms with Gasteiger partial charge in [-0.3, -0.25) is 4.79 Å². The molecule has 0 aromatic carbocycles. The second-order valence-electron chi connectivity index (χ2n) is 5.03. The predicted molar refractivity (Wildman–Crippen MR) is 66.9 cm³/mol. The number of rotatable bonds is 2. The first-order valence-electron chi connectivity index (χ1n) is 6.34. The zero-order chi connectivity index (χ0) is 14.1. The molecule has 2 rings (SSSR count). The van der Waals surface area contributed by atoms with Gasteiger partial charge in [-0.1, -0.05) is 0 Å². The summed E-state index contributed by atoms with van der Waals surface area (Å²) in [5.41, 5.74) is -1.93. The molecule has 2 aliphatic rings. The van der Waals surface area contributed by atoms with E-state index in [1.54, 1.807) is 0 Å². The summed E-state index contributed by atoms with van der Waals surface area (Å²) in [4.78, 5) is 13.6. The van der Waals surface area contributed by atoms with Gasteiger partial charge >= 0.3 is 0 Å². The van der Waals surface area contributed by atoms with E-state index in [2.05, 4.69) is 0 Å². The van der Waals surface area contributed by atoms with Crippen LogP contribution in [-0.4, -0.2) is 74.8 Å². The second-order valence-corrected chi connectivity index (χ2v) is 7.01. The number of alkyl halides is 1. The maximum absolute atomic E-state index is 14.7. The molecular weight excluding hydrogens is 275 g/mol. The van der Waals surface area contributed by atoms with Crippen LogP contribution >= 0.6 is 0 Å². The molecule has 2 saturated heterocycles. The van der Waals surface area contributed by atoms with E-state index < -0.39 is 21.6 Å². The van der Waals surface area contributed by atoms with E-state index in [-0.39, 0.29) is 25.9 Å². The van der Waals surface area contributed by atoms with Crippen LogP contribution in [0.4, 0.5) is 4.39 Å². The number of carbonyl (C=O) groups is 1. The van der Waals surface area contributed by atoms with Crippen molar-refractivity contribution in [1.82, 2.24) is 9.21 Å². The molecule has 0 aromatic heterocycles. The average Bonchev–Trinajstić information content (AvgIpc) is 2.38. The van der Waals surface area contributed by atoms with Crippen molar-refractivity contribution in [1.29, 1.82) is 0 Å². The molecule has 2 aliphatic heterocycles. The van der Waals surface area contributed by atoms with E-state index in [1.165, 1.54) is 9.21 Å². The Morgan fingerprint density at radius 3 is 2.16 bits per heavy atom. The molecule has 0 N–H and O–H groups in total. The maximum atomic E-state index is 14.7. The van der Waals surface area contributed by atoms with Crippen LogP contribution in [-0.2, 0) is 19.6 Å². The maximum Gasteiger partial charge on any atom is 0.260 e. The van der Waals surface area contributed by atoms with Gasteiger partial charge < -0.3 is 9.64 Å². The van der Waals surface area contributed by atoms with Gasteiger partial charge in [0.25, 0.3) is 5.91 Å². The van der Waals surface area contributed by atoms with E-state index in [0.29, 0.717) is 26.3 Å². The van der Waals surface area contributed by atoms with E-state index in [0.717, 1.165) is 6.26 Å². The molecule has 0 saturated carbocycles. The molecule has 0 unspecified atom stereocenters. The standard InChI is InChI=1S/C11H19FN2O4S/c1-19(16,17)14-4-2-11(12,3-5-14)10(15)13-6-8-18-9-7-13/h2-9H2,1H3. The first-order chi connectivity index (χ1) is 8.83. The SMILES string of the molecule is CS(=O)(=O)N1CCC(F)(C(=O)N2CCOCC2)CC1. The van der Waals surface area contributed by atoms with Gasteiger partial charge in [0.2, 0.25) is 10.0 Å². The number of nitrogens with zero attached hydrogens (tertiary/aromatic N) is 2. The normalized spacial score (nSPS) is 25.3. The van der Waals surface area contributed by atoms with Crippen LogP contribution < -0.4 is 0 Å². The minimum absolute atomic E-state index is 0.0609. The van der Waals surface area contributed by atoms with Crippen LogP contribution in [0.3, 0.4) is 0 Å². The largest absolute Gasteiger partial charge is 0.378 e. The molecule has 2 heterocycles. The summed E-state index contributed by atoms with van der Waals surface area (Å²) in [5, 5.41) is 0. The zero-order valence-corrected chi connectivity index (χ0v) is 11.8. The van der Waals surface area contributed by atoms with Crippen LogP contribution in [0, 0.1) is 0 Å². The third kappa shape index (κ3) is 3.24. The Bertz CT molecular complexity index is 440. The summed E-state index contributed by atoms with van der Waals surface area (Å²) in [5.74, 6) is -0.524. The monoisotopic (exact) mass is 294 g/mol. The third-order valence-electron chi connectivity index (χ3n) is 3.67. The Morgan fingerprint density at radius 2 is 1.68 bits per heavy atom. The average molecular weight is 294 g/mol. The lowest BCUT2D eigenvalue weighted by atomic mass is 9.92. The van der Waals surface area contributed by atoms with Crippen molar-refractivity contribution < 1.29 is 22.3 Å². The van der Waals surface area contributed by atoms with Gasteiger partial charge in [0.15, 0.2) is 5.67 Å². The van der Waals surface area contributed by atoms with E-state index >= 15 is 0 Å². The van der Waals surface area contributed by atoms with Crippen molar-refractivity contribution in [3.05, 3.63) is 0 Å². The van der Waals surface area contributed by atoms with Gasteiger partial charge in [-0.25, -0.2) is 17.1 Å². The molecule has 0 radical (unpaired) electrons. The van der Waals surface area contributed by atoms with Gasteiger partial charge in [-0.2, -0.15) is 0 Å². The van der Waals surface area contributed by atoms with Crippen LogP contribution in [0.1, 0.15) is 12.8 Å². The number of halogens is 1. The smallest absolute Gasteiger partial charge is 0.260 e. The Labute approximate surface area is 112 Å². The summed E-state index contributed by atoms with van der Waals surface area (Å²) < 4.78 is 43.7. The highest BCUT2D eigenvalue weighted by molar-refractivity contribution is 7.88. The minimum Gasteiger partial charge on any atom is -0.378 e. The Morgan fingerprint density at radius 1 is 1.16 bits per heavy atom. The first-order valence-corrected chi connectivity index (χ1v) is 8.19. The molecule has 0 spiro atoms. The molecule has 0 atom stereocenters. The molecule has 2 fully saturated rings. The lowest BCUT2D eigenvalue weighted by molar-refractivity contribution is -0.150. The lowest BCUT2D eigenvalue weighted by Crippen LogP contribution is -2.55.